The molecule has 7 heteroatoms. The average molecular weight is 221 g/mol. The molecule has 0 spiro atoms. The van der Waals surface area contributed by atoms with E-state index in [1.165, 1.54) is 0 Å². The molecule has 0 fully saturated rings. The van der Waals surface area contributed by atoms with Gasteiger partial charge in [0.2, 0.25) is 0 Å². The van der Waals surface area contributed by atoms with Gasteiger partial charge < -0.3 is 9.72 Å². The summed E-state index contributed by atoms with van der Waals surface area (Å²) in [4.78, 5) is 23.7. The smallest absolute Gasteiger partial charge is 0.346 e. The third-order valence-electron chi connectivity index (χ3n) is 1.68. The van der Waals surface area contributed by atoms with E-state index in [1.807, 2.05) is 4.98 Å². The molecule has 0 radical (unpaired) electrons. The van der Waals surface area contributed by atoms with Gasteiger partial charge >= 0.3 is 5.97 Å². The maximum Gasteiger partial charge on any atom is 0.346 e. The monoisotopic (exact) mass is 221 g/mol. The van der Waals surface area contributed by atoms with E-state index >= 15 is 0 Å². The van der Waals surface area contributed by atoms with Gasteiger partial charge in [0, 0.05) is 6.20 Å². The van der Waals surface area contributed by atoms with Crippen LogP contribution in [0.25, 0.3) is 0 Å². The Labute approximate surface area is 81.7 Å². The van der Waals surface area contributed by atoms with Crippen LogP contribution in [0.4, 0.5) is 13.2 Å². The maximum absolute atomic E-state index is 13.2. The van der Waals surface area contributed by atoms with Crippen molar-refractivity contribution < 1.29 is 22.7 Å². The SMILES string of the molecule is COC(=O)c1c(F)c(C(F)F)c[nH]c1=O. The fourth-order valence-electron chi connectivity index (χ4n) is 0.966. The number of pyridine rings is 1. The second-order valence-electron chi connectivity index (χ2n) is 2.55. The van der Waals surface area contributed by atoms with Crippen molar-refractivity contribution in [2.24, 2.45) is 0 Å². The predicted molar refractivity (Wildman–Crippen MR) is 43.3 cm³/mol. The molecule has 1 rings (SSSR count). The van der Waals surface area contributed by atoms with Gasteiger partial charge in [0.05, 0.1) is 12.7 Å². The summed E-state index contributed by atoms with van der Waals surface area (Å²) in [7, 11) is 0.913. The van der Waals surface area contributed by atoms with Crippen LogP contribution < -0.4 is 5.56 Å². The Kier molecular flexibility index (Phi) is 3.13. The third kappa shape index (κ3) is 2.00. The van der Waals surface area contributed by atoms with Gasteiger partial charge in [0.25, 0.3) is 12.0 Å². The minimum Gasteiger partial charge on any atom is -0.465 e. The maximum atomic E-state index is 13.2. The van der Waals surface area contributed by atoms with Crippen LogP contribution in [-0.4, -0.2) is 18.1 Å². The number of carbonyl (C=O) groups is 1. The summed E-state index contributed by atoms with van der Waals surface area (Å²) >= 11 is 0. The summed E-state index contributed by atoms with van der Waals surface area (Å²) in [6.07, 6.45) is -2.60. The fourth-order valence-corrected chi connectivity index (χ4v) is 0.966. The minimum atomic E-state index is -3.12. The number of nitrogens with one attached hydrogen (secondary N) is 1. The number of hydrogen-bond acceptors (Lipinski definition) is 3. The molecule has 0 unspecified atom stereocenters. The van der Waals surface area contributed by atoms with E-state index < -0.39 is 34.9 Å². The number of methoxy groups -OCH3 is 1. The zero-order valence-electron chi connectivity index (χ0n) is 7.51. The topological polar surface area (TPSA) is 59.2 Å². The molecule has 4 nitrogen and oxygen atoms in total. The Balaban J connectivity index is 3.43. The van der Waals surface area contributed by atoms with E-state index in [-0.39, 0.29) is 0 Å². The van der Waals surface area contributed by atoms with Gasteiger partial charge in [-0.15, -0.1) is 0 Å². The molecule has 0 saturated heterocycles. The number of esters is 1. The minimum absolute atomic E-state index is 0.523. The fraction of sp³-hybridized carbons (Fsp3) is 0.250. The van der Waals surface area contributed by atoms with Crippen LogP contribution in [0.15, 0.2) is 11.0 Å². The Morgan fingerprint density at radius 2 is 2.13 bits per heavy atom. The summed E-state index contributed by atoms with van der Waals surface area (Å²) in [5, 5.41) is 0. The van der Waals surface area contributed by atoms with Gasteiger partial charge in [-0.3, -0.25) is 4.79 Å². The number of H-pyrrole nitrogens is 1. The molecule has 0 aliphatic rings. The van der Waals surface area contributed by atoms with Gasteiger partial charge in [0.1, 0.15) is 0 Å². The molecular weight excluding hydrogens is 215 g/mol. The van der Waals surface area contributed by atoms with Crippen LogP contribution >= 0.6 is 0 Å². The molecule has 1 heterocycles. The number of ether oxygens (including phenoxy) is 1. The average Bonchev–Trinajstić information content (AvgIpc) is 2.16. The number of alkyl halides is 2. The number of carbonyl (C=O) groups excluding carboxylic acids is 1. The van der Waals surface area contributed by atoms with Crippen molar-refractivity contribution in [3.8, 4) is 0 Å². The standard InChI is InChI=1S/C8H6F3NO3/c1-15-8(14)4-5(9)3(6(10)11)2-12-7(4)13/h2,6H,1H3,(H,12,13). The summed E-state index contributed by atoms with van der Waals surface area (Å²) in [5.74, 6) is -2.85. The number of aromatic amines is 1. The number of halogens is 3. The Morgan fingerprint density at radius 1 is 1.53 bits per heavy atom. The lowest BCUT2D eigenvalue weighted by atomic mass is 10.2. The van der Waals surface area contributed by atoms with E-state index in [1.54, 1.807) is 0 Å². The number of aromatic nitrogens is 1. The molecule has 82 valence electrons. The van der Waals surface area contributed by atoms with E-state index in [0.717, 1.165) is 7.11 Å². The summed E-state index contributed by atoms with van der Waals surface area (Å²) in [6.45, 7) is 0. The van der Waals surface area contributed by atoms with E-state index in [9.17, 15) is 22.8 Å². The highest BCUT2D eigenvalue weighted by molar-refractivity contribution is 5.89. The molecule has 15 heavy (non-hydrogen) atoms. The largest absolute Gasteiger partial charge is 0.465 e. The van der Waals surface area contributed by atoms with Crippen LogP contribution in [0, 0.1) is 5.82 Å². The predicted octanol–water partition coefficient (Wildman–Crippen LogP) is 1.24. The van der Waals surface area contributed by atoms with Crippen LogP contribution in [0.3, 0.4) is 0 Å². The van der Waals surface area contributed by atoms with Crippen molar-refractivity contribution in [3.05, 3.63) is 33.5 Å². The van der Waals surface area contributed by atoms with Gasteiger partial charge in [-0.25, -0.2) is 18.0 Å². The third-order valence-corrected chi connectivity index (χ3v) is 1.68. The van der Waals surface area contributed by atoms with Crippen molar-refractivity contribution in [2.75, 3.05) is 7.11 Å². The van der Waals surface area contributed by atoms with Crippen LogP contribution in [0.2, 0.25) is 0 Å². The number of rotatable bonds is 2. The summed E-state index contributed by atoms with van der Waals surface area (Å²) in [5.41, 5.74) is -3.20. The second kappa shape index (κ2) is 4.16. The van der Waals surface area contributed by atoms with E-state index in [2.05, 4.69) is 4.74 Å². The second-order valence-corrected chi connectivity index (χ2v) is 2.55. The lowest BCUT2D eigenvalue weighted by molar-refractivity contribution is 0.0591. The summed E-state index contributed by atoms with van der Waals surface area (Å²) < 4.78 is 41.7. The highest BCUT2D eigenvalue weighted by Crippen LogP contribution is 2.21. The van der Waals surface area contributed by atoms with Crippen molar-refractivity contribution in [1.29, 1.82) is 0 Å². The van der Waals surface area contributed by atoms with Crippen molar-refractivity contribution in [1.82, 2.24) is 4.98 Å². The molecule has 1 aromatic heterocycles. The molecular formula is C8H6F3NO3. The normalized spacial score (nSPS) is 10.5. The van der Waals surface area contributed by atoms with E-state index in [0.29, 0.717) is 6.20 Å². The molecule has 0 aromatic carbocycles. The van der Waals surface area contributed by atoms with E-state index in [4.69, 9.17) is 0 Å². The van der Waals surface area contributed by atoms with Crippen LogP contribution in [-0.2, 0) is 4.74 Å². The van der Waals surface area contributed by atoms with Crippen molar-refractivity contribution in [3.63, 3.8) is 0 Å². The molecule has 0 aliphatic heterocycles. The quantitative estimate of drug-likeness (QED) is 0.764. The van der Waals surface area contributed by atoms with Crippen molar-refractivity contribution >= 4 is 5.97 Å². The Bertz CT molecular complexity index is 441. The van der Waals surface area contributed by atoms with Gasteiger partial charge in [-0.05, 0) is 0 Å². The first-order chi connectivity index (χ1) is 6.99. The van der Waals surface area contributed by atoms with Gasteiger partial charge in [0.15, 0.2) is 11.4 Å². The highest BCUT2D eigenvalue weighted by atomic mass is 19.3. The summed E-state index contributed by atoms with van der Waals surface area (Å²) in [6, 6.07) is 0. The molecule has 0 amide bonds. The Hall–Kier alpha value is -1.79. The first-order valence-electron chi connectivity index (χ1n) is 3.76. The van der Waals surface area contributed by atoms with Crippen LogP contribution in [0.1, 0.15) is 22.3 Å². The lowest BCUT2D eigenvalue weighted by Crippen LogP contribution is -2.22. The molecule has 1 N–H and O–H groups in total. The first-order valence-corrected chi connectivity index (χ1v) is 3.76. The van der Waals surface area contributed by atoms with Crippen LogP contribution in [0.5, 0.6) is 0 Å². The first kappa shape index (κ1) is 11.3. The number of hydrogen-bond donors (Lipinski definition) is 1. The molecule has 0 aliphatic carbocycles. The Morgan fingerprint density at radius 3 is 2.60 bits per heavy atom. The zero-order chi connectivity index (χ0) is 11.6. The molecule has 0 bridgehead atoms. The lowest BCUT2D eigenvalue weighted by Gasteiger charge is -2.04. The molecule has 0 saturated carbocycles. The zero-order valence-corrected chi connectivity index (χ0v) is 7.51. The van der Waals surface area contributed by atoms with Gasteiger partial charge in [-0.2, -0.15) is 0 Å². The van der Waals surface area contributed by atoms with Gasteiger partial charge in [-0.1, -0.05) is 0 Å². The highest BCUT2D eigenvalue weighted by Gasteiger charge is 2.24. The molecule has 1 aromatic rings. The molecule has 0 atom stereocenters. The van der Waals surface area contributed by atoms with Crippen molar-refractivity contribution in [2.45, 2.75) is 6.43 Å².